The fourth-order valence-electron chi connectivity index (χ4n) is 3.99. The Morgan fingerprint density at radius 1 is 1.00 bits per heavy atom. The minimum Gasteiger partial charge on any atom is -0.488 e. The minimum absolute atomic E-state index is 0.0931. The van der Waals surface area contributed by atoms with Crippen LogP contribution in [0.25, 0.3) is 0 Å². The van der Waals surface area contributed by atoms with E-state index in [2.05, 4.69) is 0 Å². The van der Waals surface area contributed by atoms with Crippen LogP contribution < -0.4 is 4.74 Å². The molecular formula is C23H27ClO7. The number of aliphatic hydroxyl groups is 4. The molecule has 0 aromatic heterocycles. The van der Waals surface area contributed by atoms with Gasteiger partial charge < -0.3 is 34.6 Å². The Morgan fingerprint density at radius 3 is 2.45 bits per heavy atom. The summed E-state index contributed by atoms with van der Waals surface area (Å²) >= 11 is 6.40. The lowest BCUT2D eigenvalue weighted by atomic mass is 9.90. The Labute approximate surface area is 185 Å². The molecule has 2 unspecified atom stereocenters. The summed E-state index contributed by atoms with van der Waals surface area (Å²) in [6.45, 7) is 0.872. The summed E-state index contributed by atoms with van der Waals surface area (Å²) in [7, 11) is 0. The fourth-order valence-corrected chi connectivity index (χ4v) is 4.17. The largest absolute Gasteiger partial charge is 0.488 e. The van der Waals surface area contributed by atoms with Crippen molar-refractivity contribution in [2.45, 2.75) is 49.5 Å². The monoisotopic (exact) mass is 450 g/mol. The first-order chi connectivity index (χ1) is 15.0. The van der Waals surface area contributed by atoms with E-state index >= 15 is 0 Å². The first-order valence-electron chi connectivity index (χ1n) is 10.4. The summed E-state index contributed by atoms with van der Waals surface area (Å²) in [4.78, 5) is 0. The zero-order valence-electron chi connectivity index (χ0n) is 16.9. The lowest BCUT2D eigenvalue weighted by molar-refractivity contribution is -0.231. The van der Waals surface area contributed by atoms with Crippen LogP contribution >= 0.6 is 11.6 Å². The van der Waals surface area contributed by atoms with Crippen LogP contribution in [0.3, 0.4) is 0 Å². The van der Waals surface area contributed by atoms with Gasteiger partial charge in [-0.1, -0.05) is 35.9 Å². The minimum atomic E-state index is -1.42. The van der Waals surface area contributed by atoms with Gasteiger partial charge in [-0.2, -0.15) is 0 Å². The number of benzene rings is 2. The maximum Gasteiger partial charge on any atom is 0.124 e. The molecule has 4 N–H and O–H groups in total. The SMILES string of the molecule is OCC1O[C@@H](c2ccc(Cl)c(Cc3ccc(O[C@@H]4CCOC4)cc3)c2)[C@@H](O)C(O)[C@@H]1O. The Kier molecular flexibility index (Phi) is 7.13. The summed E-state index contributed by atoms with van der Waals surface area (Å²) in [5, 5.41) is 40.5. The maximum atomic E-state index is 10.4. The first-order valence-corrected chi connectivity index (χ1v) is 10.8. The molecule has 31 heavy (non-hydrogen) atoms. The van der Waals surface area contributed by atoms with E-state index in [1.807, 2.05) is 30.3 Å². The van der Waals surface area contributed by atoms with Crippen molar-refractivity contribution in [1.29, 1.82) is 0 Å². The third-order valence-electron chi connectivity index (χ3n) is 5.80. The highest BCUT2D eigenvalue weighted by Gasteiger charge is 2.44. The van der Waals surface area contributed by atoms with Crippen molar-refractivity contribution in [2.24, 2.45) is 0 Å². The zero-order valence-corrected chi connectivity index (χ0v) is 17.7. The van der Waals surface area contributed by atoms with Crippen LogP contribution in [0.1, 0.15) is 29.2 Å². The van der Waals surface area contributed by atoms with Crippen LogP contribution in [-0.4, -0.2) is 70.8 Å². The molecule has 0 amide bonds. The number of halogens is 1. The van der Waals surface area contributed by atoms with Crippen molar-refractivity contribution in [3.63, 3.8) is 0 Å². The average Bonchev–Trinajstić information content (AvgIpc) is 3.28. The molecule has 0 saturated carbocycles. The zero-order chi connectivity index (χ0) is 22.0. The molecule has 2 aromatic rings. The predicted octanol–water partition coefficient (Wildman–Crippen LogP) is 1.61. The van der Waals surface area contributed by atoms with Gasteiger partial charge in [-0.25, -0.2) is 0 Å². The number of aliphatic hydroxyl groups excluding tert-OH is 4. The van der Waals surface area contributed by atoms with Crippen molar-refractivity contribution >= 4 is 11.6 Å². The van der Waals surface area contributed by atoms with E-state index in [-0.39, 0.29) is 6.10 Å². The summed E-state index contributed by atoms with van der Waals surface area (Å²) in [6, 6.07) is 13.0. The van der Waals surface area contributed by atoms with Crippen LogP contribution in [0.15, 0.2) is 42.5 Å². The highest BCUT2D eigenvalue weighted by Crippen LogP contribution is 2.34. The van der Waals surface area contributed by atoms with Gasteiger partial charge in [0, 0.05) is 11.4 Å². The van der Waals surface area contributed by atoms with E-state index in [9.17, 15) is 20.4 Å². The van der Waals surface area contributed by atoms with Gasteiger partial charge in [0.2, 0.25) is 0 Å². The van der Waals surface area contributed by atoms with Crippen LogP contribution in [0.2, 0.25) is 5.02 Å². The standard InChI is InChI=1S/C23H27ClO7/c24-18-6-3-14(23-22(28)21(27)20(26)19(11-25)31-23)10-15(18)9-13-1-4-16(5-2-13)30-17-7-8-29-12-17/h1-6,10,17,19-23,25-28H,7-9,11-12H2/t17-,19?,20-,21?,22+,23+/m1/s1. The molecule has 2 aromatic carbocycles. The second-order valence-electron chi connectivity index (χ2n) is 8.02. The normalized spacial score (nSPS) is 31.0. The van der Waals surface area contributed by atoms with Crippen molar-refractivity contribution in [1.82, 2.24) is 0 Å². The molecule has 2 fully saturated rings. The van der Waals surface area contributed by atoms with Gasteiger partial charge in [-0.15, -0.1) is 0 Å². The van der Waals surface area contributed by atoms with Crippen molar-refractivity contribution < 1.29 is 34.6 Å². The van der Waals surface area contributed by atoms with Gasteiger partial charge in [0.15, 0.2) is 0 Å². The average molecular weight is 451 g/mol. The van der Waals surface area contributed by atoms with Crippen LogP contribution in [0.5, 0.6) is 5.75 Å². The molecule has 4 rings (SSSR count). The molecule has 0 aliphatic carbocycles. The van der Waals surface area contributed by atoms with Crippen molar-refractivity contribution in [3.8, 4) is 5.75 Å². The maximum absolute atomic E-state index is 10.4. The summed E-state index contributed by atoms with van der Waals surface area (Å²) in [6.07, 6.45) is -4.46. The number of hydrogen-bond donors (Lipinski definition) is 4. The summed E-state index contributed by atoms with van der Waals surface area (Å²) in [5.41, 5.74) is 2.47. The van der Waals surface area contributed by atoms with Gasteiger partial charge in [-0.05, 0) is 41.3 Å². The molecule has 0 bridgehead atoms. The van der Waals surface area contributed by atoms with E-state index in [4.69, 9.17) is 25.8 Å². The lowest BCUT2D eigenvalue weighted by Crippen LogP contribution is -2.55. The second kappa shape index (κ2) is 9.83. The van der Waals surface area contributed by atoms with Crippen LogP contribution in [0.4, 0.5) is 0 Å². The molecular weight excluding hydrogens is 424 g/mol. The lowest BCUT2D eigenvalue weighted by Gasteiger charge is -2.40. The van der Waals surface area contributed by atoms with Gasteiger partial charge in [0.05, 0.1) is 19.8 Å². The third-order valence-corrected chi connectivity index (χ3v) is 6.17. The molecule has 2 aliphatic heterocycles. The van der Waals surface area contributed by atoms with Gasteiger partial charge in [0.25, 0.3) is 0 Å². The van der Waals surface area contributed by atoms with Crippen LogP contribution in [0, 0.1) is 0 Å². The molecule has 0 spiro atoms. The Bertz CT molecular complexity index is 867. The van der Waals surface area contributed by atoms with E-state index in [0.717, 1.165) is 29.9 Å². The Balaban J connectivity index is 1.49. The number of rotatable bonds is 6. The molecule has 7 nitrogen and oxygen atoms in total. The second-order valence-corrected chi connectivity index (χ2v) is 8.43. The quantitative estimate of drug-likeness (QED) is 0.529. The van der Waals surface area contributed by atoms with E-state index in [1.165, 1.54) is 0 Å². The highest BCUT2D eigenvalue weighted by molar-refractivity contribution is 6.31. The van der Waals surface area contributed by atoms with E-state index in [1.54, 1.807) is 12.1 Å². The molecule has 0 radical (unpaired) electrons. The fraction of sp³-hybridized carbons (Fsp3) is 0.478. The van der Waals surface area contributed by atoms with E-state index < -0.39 is 37.1 Å². The molecule has 2 heterocycles. The van der Waals surface area contributed by atoms with E-state index in [0.29, 0.717) is 23.6 Å². The summed E-state index contributed by atoms with van der Waals surface area (Å²) in [5.74, 6) is 0.792. The topological polar surface area (TPSA) is 109 Å². The summed E-state index contributed by atoms with van der Waals surface area (Å²) < 4.78 is 16.9. The molecule has 8 heteroatoms. The smallest absolute Gasteiger partial charge is 0.124 e. The van der Waals surface area contributed by atoms with Gasteiger partial charge in [0.1, 0.15) is 42.4 Å². The van der Waals surface area contributed by atoms with Gasteiger partial charge in [-0.3, -0.25) is 0 Å². The Morgan fingerprint density at radius 2 is 1.77 bits per heavy atom. The van der Waals surface area contributed by atoms with Crippen LogP contribution in [-0.2, 0) is 15.9 Å². The first kappa shape index (κ1) is 22.5. The molecule has 6 atom stereocenters. The number of ether oxygens (including phenoxy) is 3. The van der Waals surface area contributed by atoms with Crippen molar-refractivity contribution in [3.05, 3.63) is 64.2 Å². The van der Waals surface area contributed by atoms with Gasteiger partial charge >= 0.3 is 0 Å². The Hall–Kier alpha value is -1.71. The highest BCUT2D eigenvalue weighted by atomic mass is 35.5. The molecule has 168 valence electrons. The molecule has 2 aliphatic rings. The predicted molar refractivity (Wildman–Crippen MR) is 113 cm³/mol. The van der Waals surface area contributed by atoms with Crippen molar-refractivity contribution in [2.75, 3.05) is 19.8 Å². The third kappa shape index (κ3) is 5.04. The molecule has 2 saturated heterocycles. The number of hydrogen-bond acceptors (Lipinski definition) is 7.